The normalized spacial score (nSPS) is 15.1. The van der Waals surface area contributed by atoms with Gasteiger partial charge in [-0.05, 0) is 0 Å². The van der Waals surface area contributed by atoms with Crippen molar-refractivity contribution in [2.24, 2.45) is 0 Å². The van der Waals surface area contributed by atoms with Gasteiger partial charge in [-0.15, -0.1) is 0 Å². The monoisotopic (exact) mass is 474 g/mol. The number of halogens is 1. The zero-order chi connectivity index (χ0) is 16.5. The Labute approximate surface area is 146 Å². The first kappa shape index (κ1) is 20.2. The Balaban J connectivity index is 2.70. The zero-order valence-electron chi connectivity index (χ0n) is 14.3. The van der Waals surface area contributed by atoms with Crippen LogP contribution in [0, 0.1) is 0 Å². The fourth-order valence-electron chi connectivity index (χ4n) is 2.65. The van der Waals surface area contributed by atoms with Crippen molar-refractivity contribution in [2.45, 2.75) is 67.3 Å². The first-order valence-electron chi connectivity index (χ1n) is 8.58. The molecule has 22 heavy (non-hydrogen) atoms. The fraction of sp³-hybridized carbons (Fsp3) is 0.579. The van der Waals surface area contributed by atoms with Crippen LogP contribution in [0.2, 0.25) is 8.87 Å². The van der Waals surface area contributed by atoms with Gasteiger partial charge < -0.3 is 0 Å². The predicted molar refractivity (Wildman–Crippen MR) is 104 cm³/mol. The summed E-state index contributed by atoms with van der Waals surface area (Å²) in [4.78, 5) is 0. The van der Waals surface area contributed by atoms with Crippen molar-refractivity contribution in [2.75, 3.05) is 0 Å². The number of rotatable bonds is 10. The van der Waals surface area contributed by atoms with Gasteiger partial charge in [0.2, 0.25) is 0 Å². The molecule has 0 bridgehead atoms. The van der Waals surface area contributed by atoms with Gasteiger partial charge in [-0.1, -0.05) is 0 Å². The molecule has 1 nitrogen and oxygen atoms in total. The number of aliphatic hydroxyl groups is 1. The van der Waals surface area contributed by atoms with Gasteiger partial charge in [-0.25, -0.2) is 0 Å². The van der Waals surface area contributed by atoms with E-state index >= 15 is 0 Å². The Kier molecular flexibility index (Phi) is 9.33. The molecule has 1 unspecified atom stereocenters. The molecule has 0 heterocycles. The number of hydrogen-bond acceptors (Lipinski definition) is 1. The molecule has 124 valence electrons. The average molecular weight is 474 g/mol. The minimum atomic E-state index is -2.27. The van der Waals surface area contributed by atoms with Gasteiger partial charge in [-0.2, -0.15) is 0 Å². The quantitative estimate of drug-likeness (QED) is 0.394. The molecule has 0 radical (unpaired) electrons. The topological polar surface area (TPSA) is 20.2 Å². The van der Waals surface area contributed by atoms with Gasteiger partial charge in [0.25, 0.3) is 0 Å². The van der Waals surface area contributed by atoms with E-state index in [1.54, 1.807) is 0 Å². The SMILES string of the molecule is CCC[CH2][Sn]([Br])(/[CH]=C\CC(C)(O)c1ccccc1)[CH2]CCC. The second-order valence-corrected chi connectivity index (χ2v) is 26.8. The van der Waals surface area contributed by atoms with Crippen molar-refractivity contribution in [1.82, 2.24) is 0 Å². The summed E-state index contributed by atoms with van der Waals surface area (Å²) in [5.74, 6) is 0. The van der Waals surface area contributed by atoms with Crippen LogP contribution in [0.25, 0.3) is 0 Å². The summed E-state index contributed by atoms with van der Waals surface area (Å²) in [7, 11) is 0. The standard InChI is InChI=1S/C11H13O.2C4H9.BrH.Sn/c1-3-9-11(2,12)10-7-5-4-6-8-10;2*1-3-4-2;;/h1,3-8,12H,9H2,2H3;2*1,3-4H2,2H3;1H;/q;;;;+1/p-1. The van der Waals surface area contributed by atoms with E-state index in [4.69, 9.17) is 0 Å². The Morgan fingerprint density at radius 3 is 2.14 bits per heavy atom. The Morgan fingerprint density at radius 2 is 1.64 bits per heavy atom. The Hall–Kier alpha value is 0.199. The van der Waals surface area contributed by atoms with E-state index in [1.807, 2.05) is 37.3 Å². The van der Waals surface area contributed by atoms with E-state index in [-0.39, 0.29) is 0 Å². The third kappa shape index (κ3) is 7.18. The molecular weight excluding hydrogens is 443 g/mol. The van der Waals surface area contributed by atoms with Gasteiger partial charge in [0.05, 0.1) is 0 Å². The Bertz CT molecular complexity index is 434. The number of hydrogen-bond donors (Lipinski definition) is 1. The Morgan fingerprint density at radius 1 is 1.09 bits per heavy atom. The maximum absolute atomic E-state index is 10.7. The van der Waals surface area contributed by atoms with Crippen LogP contribution in [-0.4, -0.2) is 21.3 Å². The van der Waals surface area contributed by atoms with Crippen LogP contribution >= 0.6 is 12.7 Å². The minimum absolute atomic E-state index is 0.694. The van der Waals surface area contributed by atoms with Crippen LogP contribution in [-0.2, 0) is 5.60 Å². The van der Waals surface area contributed by atoms with Crippen LogP contribution < -0.4 is 0 Å². The summed E-state index contributed by atoms with van der Waals surface area (Å²) < 4.78 is 5.22. The second kappa shape index (κ2) is 10.1. The molecule has 1 atom stereocenters. The van der Waals surface area contributed by atoms with Crippen molar-refractivity contribution in [3.63, 3.8) is 0 Å². The van der Waals surface area contributed by atoms with Crippen molar-refractivity contribution in [3.8, 4) is 0 Å². The molecule has 0 saturated heterocycles. The van der Waals surface area contributed by atoms with Gasteiger partial charge >= 0.3 is 147 Å². The van der Waals surface area contributed by atoms with Crippen LogP contribution in [0.4, 0.5) is 0 Å². The molecule has 1 N–H and O–H groups in total. The summed E-state index contributed by atoms with van der Waals surface area (Å²) >= 11 is 1.88. The van der Waals surface area contributed by atoms with Crippen LogP contribution in [0.5, 0.6) is 0 Å². The first-order valence-corrected chi connectivity index (χ1v) is 20.7. The van der Waals surface area contributed by atoms with Gasteiger partial charge in [0.15, 0.2) is 0 Å². The van der Waals surface area contributed by atoms with E-state index in [9.17, 15) is 5.11 Å². The molecule has 0 saturated carbocycles. The second-order valence-electron chi connectivity index (χ2n) is 6.49. The summed E-state index contributed by atoms with van der Waals surface area (Å²) in [6, 6.07) is 9.98. The molecule has 1 aromatic carbocycles. The maximum atomic E-state index is 10.7. The molecular formula is C19H31BrOSn. The third-order valence-corrected chi connectivity index (χ3v) is 20.5. The first-order chi connectivity index (χ1) is 10.4. The van der Waals surface area contributed by atoms with E-state index in [0.717, 1.165) is 5.56 Å². The summed E-state index contributed by atoms with van der Waals surface area (Å²) in [6.45, 7) is 6.45. The van der Waals surface area contributed by atoms with E-state index < -0.39 is 21.8 Å². The molecule has 0 aliphatic rings. The molecule has 0 fully saturated rings. The summed E-state index contributed by atoms with van der Waals surface area (Å²) in [5.41, 5.74) is 0.227. The third-order valence-electron chi connectivity index (χ3n) is 4.22. The van der Waals surface area contributed by atoms with Gasteiger partial charge in [-0.3, -0.25) is 0 Å². The molecule has 0 amide bonds. The predicted octanol–water partition coefficient (Wildman–Crippen LogP) is 6.32. The van der Waals surface area contributed by atoms with Gasteiger partial charge in [0, 0.05) is 0 Å². The summed E-state index contributed by atoms with van der Waals surface area (Å²) in [6.07, 6.45) is 8.12. The van der Waals surface area contributed by atoms with E-state index in [0.29, 0.717) is 6.42 Å². The number of unbranched alkanes of at least 4 members (excludes halogenated alkanes) is 2. The molecule has 1 rings (SSSR count). The van der Waals surface area contributed by atoms with Crippen LogP contribution in [0.1, 0.15) is 58.4 Å². The van der Waals surface area contributed by atoms with Crippen molar-refractivity contribution >= 4 is 28.9 Å². The van der Waals surface area contributed by atoms with Crippen molar-refractivity contribution in [1.29, 1.82) is 0 Å². The fourth-order valence-corrected chi connectivity index (χ4v) is 16.2. The molecule has 0 aliphatic heterocycles. The van der Waals surface area contributed by atoms with E-state index in [2.05, 4.69) is 36.7 Å². The van der Waals surface area contributed by atoms with Crippen LogP contribution in [0.3, 0.4) is 0 Å². The van der Waals surface area contributed by atoms with Crippen molar-refractivity contribution in [3.05, 3.63) is 46.1 Å². The molecule has 1 aromatic rings. The van der Waals surface area contributed by atoms with Gasteiger partial charge in [0.1, 0.15) is 0 Å². The molecule has 0 aliphatic carbocycles. The molecule has 0 spiro atoms. The average Bonchev–Trinajstić information content (AvgIpc) is 2.52. The van der Waals surface area contributed by atoms with E-state index in [1.165, 1.54) is 34.6 Å². The molecule has 3 heteroatoms. The molecule has 0 aromatic heterocycles. The zero-order valence-corrected chi connectivity index (χ0v) is 18.8. The summed E-state index contributed by atoms with van der Waals surface area (Å²) in [5, 5.41) is 10.7. The van der Waals surface area contributed by atoms with Crippen LogP contribution in [0.15, 0.2) is 40.5 Å². The van der Waals surface area contributed by atoms with Crippen molar-refractivity contribution < 1.29 is 5.11 Å². The number of benzene rings is 1.